The van der Waals surface area contributed by atoms with Crippen molar-refractivity contribution in [3.05, 3.63) is 12.2 Å². The maximum absolute atomic E-state index is 11.2. The molecule has 2 unspecified atom stereocenters. The number of hydrogen-bond acceptors (Lipinski definition) is 4. The van der Waals surface area contributed by atoms with Gasteiger partial charge in [0.05, 0.1) is 6.10 Å². The summed E-state index contributed by atoms with van der Waals surface area (Å²) in [6, 6.07) is -1.03. The van der Waals surface area contributed by atoms with Crippen LogP contribution in [0.3, 0.4) is 0 Å². The van der Waals surface area contributed by atoms with E-state index in [9.17, 15) is 9.90 Å². The van der Waals surface area contributed by atoms with Crippen LogP contribution in [0.5, 0.6) is 0 Å². The molecule has 6 heteroatoms. The van der Waals surface area contributed by atoms with Crippen molar-refractivity contribution in [2.24, 2.45) is 0 Å². The monoisotopic (exact) mass is 241 g/mol. The molecule has 2 atom stereocenters. The van der Waals surface area contributed by atoms with Crippen LogP contribution in [0, 0.1) is 0 Å². The average Bonchev–Trinajstić information content (AvgIpc) is 2.68. The number of hydrogen-bond donors (Lipinski definition) is 2. The van der Waals surface area contributed by atoms with E-state index in [0.717, 1.165) is 12.8 Å². The summed E-state index contributed by atoms with van der Waals surface area (Å²) in [7, 11) is 0. The van der Waals surface area contributed by atoms with Crippen molar-refractivity contribution in [1.82, 2.24) is 14.8 Å². The number of aliphatic hydroxyl groups excluding tert-OH is 1. The van der Waals surface area contributed by atoms with Gasteiger partial charge in [0.15, 0.2) is 6.04 Å². The number of carboxylic acids is 1. The van der Waals surface area contributed by atoms with Crippen LogP contribution >= 0.6 is 0 Å². The fourth-order valence-electron chi connectivity index (χ4n) is 1.97. The summed E-state index contributed by atoms with van der Waals surface area (Å²) in [5, 5.41) is 26.4. The van der Waals surface area contributed by atoms with Gasteiger partial charge in [-0.3, -0.25) is 0 Å². The van der Waals surface area contributed by atoms with Gasteiger partial charge in [0.1, 0.15) is 12.2 Å². The van der Waals surface area contributed by atoms with E-state index in [0.29, 0.717) is 5.82 Å². The van der Waals surface area contributed by atoms with Crippen LogP contribution in [0.4, 0.5) is 0 Å². The smallest absolute Gasteiger partial charge is 0.329 e. The third kappa shape index (κ3) is 2.82. The minimum absolute atomic E-state index is 0.165. The van der Waals surface area contributed by atoms with E-state index >= 15 is 0 Å². The van der Waals surface area contributed by atoms with Gasteiger partial charge in [-0.15, -0.1) is 10.2 Å². The van der Waals surface area contributed by atoms with Crippen LogP contribution in [0.25, 0.3) is 0 Å². The molecule has 0 fully saturated rings. The van der Waals surface area contributed by atoms with Crippen LogP contribution in [-0.2, 0) is 4.79 Å². The van der Waals surface area contributed by atoms with Gasteiger partial charge in [-0.1, -0.05) is 13.8 Å². The second-order valence-electron chi connectivity index (χ2n) is 4.13. The molecular weight excluding hydrogens is 222 g/mol. The van der Waals surface area contributed by atoms with E-state index in [4.69, 9.17) is 5.11 Å². The lowest BCUT2D eigenvalue weighted by Gasteiger charge is -2.21. The molecule has 1 aromatic rings. The Morgan fingerprint density at radius 3 is 2.47 bits per heavy atom. The van der Waals surface area contributed by atoms with Crippen LogP contribution in [0.2, 0.25) is 0 Å². The zero-order chi connectivity index (χ0) is 13.0. The highest BCUT2D eigenvalue weighted by molar-refractivity contribution is 5.72. The molecule has 0 saturated carbocycles. The molecule has 0 bridgehead atoms. The van der Waals surface area contributed by atoms with Gasteiger partial charge in [0, 0.05) is 5.92 Å². The van der Waals surface area contributed by atoms with Crippen molar-refractivity contribution < 1.29 is 15.0 Å². The average molecular weight is 241 g/mol. The maximum Gasteiger partial charge on any atom is 0.329 e. The third-order valence-corrected chi connectivity index (χ3v) is 2.96. The maximum atomic E-state index is 11.2. The van der Waals surface area contributed by atoms with E-state index in [1.165, 1.54) is 17.8 Å². The van der Waals surface area contributed by atoms with Crippen molar-refractivity contribution in [2.75, 3.05) is 0 Å². The first kappa shape index (κ1) is 13.6. The summed E-state index contributed by atoms with van der Waals surface area (Å²) in [6.45, 7) is 5.49. The lowest BCUT2D eigenvalue weighted by Crippen LogP contribution is -2.30. The molecular formula is C11H19N3O3. The summed E-state index contributed by atoms with van der Waals surface area (Å²) in [6.07, 6.45) is 2.11. The Balaban J connectivity index is 3.12. The SMILES string of the molecule is CCC(CC)c1nncn1C(C(=O)O)C(C)O. The molecule has 0 aliphatic rings. The molecule has 0 amide bonds. The minimum Gasteiger partial charge on any atom is -0.480 e. The van der Waals surface area contributed by atoms with Crippen molar-refractivity contribution in [1.29, 1.82) is 0 Å². The number of carbonyl (C=O) groups is 1. The molecule has 6 nitrogen and oxygen atoms in total. The van der Waals surface area contributed by atoms with E-state index in [-0.39, 0.29) is 5.92 Å². The molecule has 1 heterocycles. The molecule has 0 aliphatic heterocycles. The quantitative estimate of drug-likeness (QED) is 0.781. The molecule has 0 saturated heterocycles. The Hall–Kier alpha value is -1.43. The lowest BCUT2D eigenvalue weighted by molar-refractivity contribution is -0.144. The third-order valence-electron chi connectivity index (χ3n) is 2.96. The summed E-state index contributed by atoms with van der Waals surface area (Å²) in [5.74, 6) is -0.284. The van der Waals surface area contributed by atoms with Gasteiger partial charge in [-0.2, -0.15) is 0 Å². The predicted molar refractivity (Wildman–Crippen MR) is 61.7 cm³/mol. The molecule has 0 spiro atoms. The standard InChI is InChI=1S/C11H19N3O3/c1-4-8(5-2)10-13-12-6-14(10)9(7(3)15)11(16)17/h6-9,15H,4-5H2,1-3H3,(H,16,17). The molecule has 96 valence electrons. The number of carboxylic acid groups (broad SMARTS) is 1. The van der Waals surface area contributed by atoms with Crippen molar-refractivity contribution in [2.45, 2.75) is 51.7 Å². The largest absolute Gasteiger partial charge is 0.480 e. The van der Waals surface area contributed by atoms with Gasteiger partial charge in [0.25, 0.3) is 0 Å². The van der Waals surface area contributed by atoms with Gasteiger partial charge < -0.3 is 14.8 Å². The first-order chi connectivity index (χ1) is 8.02. The molecule has 1 aromatic heterocycles. The van der Waals surface area contributed by atoms with E-state index in [2.05, 4.69) is 10.2 Å². The highest BCUT2D eigenvalue weighted by Crippen LogP contribution is 2.24. The Morgan fingerprint density at radius 2 is 2.06 bits per heavy atom. The zero-order valence-corrected chi connectivity index (χ0v) is 10.4. The van der Waals surface area contributed by atoms with Gasteiger partial charge in [0.2, 0.25) is 0 Å². The fourth-order valence-corrected chi connectivity index (χ4v) is 1.97. The molecule has 0 aliphatic carbocycles. The summed E-state index contributed by atoms with van der Waals surface area (Å²) in [4.78, 5) is 11.2. The first-order valence-electron chi connectivity index (χ1n) is 5.83. The lowest BCUT2D eigenvalue weighted by atomic mass is 10.0. The molecule has 17 heavy (non-hydrogen) atoms. The van der Waals surface area contributed by atoms with Crippen LogP contribution < -0.4 is 0 Å². The highest BCUT2D eigenvalue weighted by Gasteiger charge is 2.29. The van der Waals surface area contributed by atoms with E-state index < -0.39 is 18.1 Å². The summed E-state index contributed by atoms with van der Waals surface area (Å²) in [5.41, 5.74) is 0. The Kier molecular flexibility index (Phi) is 4.62. The van der Waals surface area contributed by atoms with Gasteiger partial charge >= 0.3 is 5.97 Å². The Bertz CT molecular complexity index is 372. The topological polar surface area (TPSA) is 88.2 Å². The van der Waals surface area contributed by atoms with E-state index in [1.807, 2.05) is 13.8 Å². The molecule has 1 rings (SSSR count). The number of nitrogens with zero attached hydrogens (tertiary/aromatic N) is 3. The summed E-state index contributed by atoms with van der Waals surface area (Å²) < 4.78 is 1.46. The second kappa shape index (κ2) is 5.77. The summed E-state index contributed by atoms with van der Waals surface area (Å²) >= 11 is 0. The molecule has 0 radical (unpaired) electrons. The van der Waals surface area contributed by atoms with Crippen molar-refractivity contribution in [3.8, 4) is 0 Å². The van der Waals surface area contributed by atoms with E-state index in [1.54, 1.807) is 0 Å². The predicted octanol–water partition coefficient (Wildman–Crippen LogP) is 1.19. The van der Waals surface area contributed by atoms with Crippen molar-refractivity contribution in [3.63, 3.8) is 0 Å². The van der Waals surface area contributed by atoms with Gasteiger partial charge in [-0.05, 0) is 19.8 Å². The molecule has 0 aromatic carbocycles. The second-order valence-corrected chi connectivity index (χ2v) is 4.13. The number of aliphatic hydroxyl groups is 1. The first-order valence-corrected chi connectivity index (χ1v) is 5.83. The van der Waals surface area contributed by atoms with Gasteiger partial charge in [-0.25, -0.2) is 4.79 Å². The minimum atomic E-state index is -1.08. The van der Waals surface area contributed by atoms with Crippen LogP contribution in [0.1, 0.15) is 51.4 Å². The van der Waals surface area contributed by atoms with Crippen molar-refractivity contribution >= 4 is 5.97 Å². The van der Waals surface area contributed by atoms with Crippen LogP contribution in [-0.4, -0.2) is 37.1 Å². The number of rotatable bonds is 6. The Morgan fingerprint density at radius 1 is 1.47 bits per heavy atom. The number of aliphatic carboxylic acids is 1. The zero-order valence-electron chi connectivity index (χ0n) is 10.4. The molecule has 2 N–H and O–H groups in total. The normalized spacial score (nSPS) is 14.9. The fraction of sp³-hybridized carbons (Fsp3) is 0.727. The van der Waals surface area contributed by atoms with Crippen LogP contribution in [0.15, 0.2) is 6.33 Å². The highest BCUT2D eigenvalue weighted by atomic mass is 16.4. The number of aromatic nitrogens is 3. The Labute approximate surface area is 100 Å².